The van der Waals surface area contributed by atoms with Gasteiger partial charge in [-0.05, 0) is 25.0 Å². The molecule has 1 aromatic heterocycles. The van der Waals surface area contributed by atoms with Crippen molar-refractivity contribution in [3.05, 3.63) is 23.9 Å². The molecule has 1 aromatic rings. The third kappa shape index (κ3) is 2.33. The first kappa shape index (κ1) is 11.4. The molecule has 0 aromatic carbocycles. The van der Waals surface area contributed by atoms with E-state index < -0.39 is 6.10 Å². The van der Waals surface area contributed by atoms with Gasteiger partial charge in [0.2, 0.25) is 0 Å². The predicted octanol–water partition coefficient (Wildman–Crippen LogP) is 1.36. The molecule has 2 atom stereocenters. The summed E-state index contributed by atoms with van der Waals surface area (Å²) < 4.78 is 5.35. The highest BCUT2D eigenvalue weighted by Crippen LogP contribution is 2.19. The number of hydrogen-bond acceptors (Lipinski definition) is 4. The first-order valence-corrected chi connectivity index (χ1v) is 5.63. The van der Waals surface area contributed by atoms with Crippen molar-refractivity contribution in [1.82, 2.24) is 4.98 Å². The zero-order chi connectivity index (χ0) is 11.5. The van der Waals surface area contributed by atoms with Crippen molar-refractivity contribution in [3.63, 3.8) is 0 Å². The Bertz CT molecular complexity index is 331. The van der Waals surface area contributed by atoms with Gasteiger partial charge in [0.25, 0.3) is 0 Å². The Morgan fingerprint density at radius 1 is 1.56 bits per heavy atom. The number of aliphatic hydroxyl groups is 1. The summed E-state index contributed by atoms with van der Waals surface area (Å²) in [6.45, 7) is 3.35. The number of rotatable bonds is 3. The highest BCUT2D eigenvalue weighted by molar-refractivity contribution is 5.40. The number of pyridine rings is 1. The van der Waals surface area contributed by atoms with E-state index in [1.165, 1.54) is 0 Å². The Labute approximate surface area is 95.9 Å². The second-order valence-electron chi connectivity index (χ2n) is 4.25. The Morgan fingerprint density at radius 2 is 2.38 bits per heavy atom. The fraction of sp³-hybridized carbons (Fsp3) is 0.583. The number of ether oxygens (including phenoxy) is 1. The van der Waals surface area contributed by atoms with Crippen LogP contribution in [0.4, 0.5) is 5.82 Å². The number of aromatic nitrogens is 1. The molecule has 0 aliphatic carbocycles. The first-order chi connectivity index (χ1) is 7.68. The quantitative estimate of drug-likeness (QED) is 0.838. The van der Waals surface area contributed by atoms with Crippen molar-refractivity contribution in [2.45, 2.75) is 25.5 Å². The molecule has 88 valence electrons. The Balaban J connectivity index is 2.08. The van der Waals surface area contributed by atoms with Crippen LogP contribution in [0.25, 0.3) is 0 Å². The Hall–Kier alpha value is -1.13. The first-order valence-electron chi connectivity index (χ1n) is 5.63. The molecular formula is C12H18N2O2. The molecule has 1 N–H and O–H groups in total. The molecule has 4 nitrogen and oxygen atoms in total. The minimum absolute atomic E-state index is 0.421. The number of likely N-dealkylation sites (N-methyl/N-ethyl adjacent to an activating group) is 1. The van der Waals surface area contributed by atoms with E-state index in [0.717, 1.165) is 31.0 Å². The molecule has 2 unspecified atom stereocenters. The van der Waals surface area contributed by atoms with E-state index >= 15 is 0 Å². The van der Waals surface area contributed by atoms with Gasteiger partial charge in [-0.1, -0.05) is 6.07 Å². The number of nitrogens with zero attached hydrogens (tertiary/aromatic N) is 2. The van der Waals surface area contributed by atoms with Crippen LogP contribution < -0.4 is 4.90 Å². The van der Waals surface area contributed by atoms with E-state index in [1.54, 1.807) is 13.1 Å². The van der Waals surface area contributed by atoms with Crippen LogP contribution in [0.3, 0.4) is 0 Å². The van der Waals surface area contributed by atoms with Crippen LogP contribution in [-0.2, 0) is 4.74 Å². The molecular weight excluding hydrogens is 204 g/mol. The Kier molecular flexibility index (Phi) is 3.41. The van der Waals surface area contributed by atoms with Gasteiger partial charge in [0, 0.05) is 19.9 Å². The molecule has 4 heteroatoms. The second-order valence-corrected chi connectivity index (χ2v) is 4.25. The lowest BCUT2D eigenvalue weighted by atomic mass is 10.2. The molecule has 1 aliphatic rings. The zero-order valence-corrected chi connectivity index (χ0v) is 9.76. The second kappa shape index (κ2) is 4.80. The molecule has 0 radical (unpaired) electrons. The highest BCUT2D eigenvalue weighted by atomic mass is 16.5. The maximum Gasteiger partial charge on any atom is 0.128 e. The van der Waals surface area contributed by atoms with Gasteiger partial charge in [0.1, 0.15) is 5.82 Å². The zero-order valence-electron chi connectivity index (χ0n) is 9.76. The van der Waals surface area contributed by atoms with Gasteiger partial charge in [-0.25, -0.2) is 4.98 Å². The fourth-order valence-electron chi connectivity index (χ4n) is 1.87. The summed E-state index contributed by atoms with van der Waals surface area (Å²) in [4.78, 5) is 6.49. The summed E-state index contributed by atoms with van der Waals surface area (Å²) in [6.07, 6.45) is 2.32. The largest absolute Gasteiger partial charge is 0.389 e. The van der Waals surface area contributed by atoms with Crippen molar-refractivity contribution in [3.8, 4) is 0 Å². The number of anilines is 1. The monoisotopic (exact) mass is 222 g/mol. The lowest BCUT2D eigenvalue weighted by Gasteiger charge is -2.24. The lowest BCUT2D eigenvalue weighted by molar-refractivity contribution is 0.193. The molecule has 0 spiro atoms. The van der Waals surface area contributed by atoms with Crippen molar-refractivity contribution in [1.29, 1.82) is 0 Å². The van der Waals surface area contributed by atoms with Crippen molar-refractivity contribution < 1.29 is 9.84 Å². The summed E-state index contributed by atoms with van der Waals surface area (Å²) in [5.74, 6) is 0.930. The van der Waals surface area contributed by atoms with Crippen molar-refractivity contribution in [2.75, 3.05) is 25.2 Å². The normalized spacial score (nSPS) is 22.1. The van der Waals surface area contributed by atoms with E-state index in [-0.39, 0.29) is 0 Å². The molecule has 2 rings (SSSR count). The average molecular weight is 222 g/mol. The van der Waals surface area contributed by atoms with E-state index in [9.17, 15) is 5.11 Å². The third-order valence-electron chi connectivity index (χ3n) is 3.07. The predicted molar refractivity (Wildman–Crippen MR) is 62.5 cm³/mol. The van der Waals surface area contributed by atoms with Crippen LogP contribution in [0.2, 0.25) is 0 Å². The summed E-state index contributed by atoms with van der Waals surface area (Å²) in [5.41, 5.74) is 0.847. The van der Waals surface area contributed by atoms with E-state index in [0.29, 0.717) is 6.04 Å². The lowest BCUT2D eigenvalue weighted by Crippen LogP contribution is -2.32. The maximum atomic E-state index is 9.39. The van der Waals surface area contributed by atoms with Gasteiger partial charge < -0.3 is 14.7 Å². The van der Waals surface area contributed by atoms with Gasteiger partial charge in [-0.15, -0.1) is 0 Å². The minimum atomic E-state index is -0.457. The van der Waals surface area contributed by atoms with Crippen LogP contribution in [0.5, 0.6) is 0 Å². The van der Waals surface area contributed by atoms with E-state index in [2.05, 4.69) is 9.88 Å². The molecule has 1 aliphatic heterocycles. The highest BCUT2D eigenvalue weighted by Gasteiger charge is 2.21. The molecule has 2 heterocycles. The molecule has 1 saturated heterocycles. The van der Waals surface area contributed by atoms with Crippen molar-refractivity contribution in [2.24, 2.45) is 0 Å². The van der Waals surface area contributed by atoms with E-state index in [4.69, 9.17) is 4.74 Å². The molecule has 16 heavy (non-hydrogen) atoms. The number of hydrogen-bond donors (Lipinski definition) is 1. The summed E-state index contributed by atoms with van der Waals surface area (Å²) in [7, 11) is 2.03. The minimum Gasteiger partial charge on any atom is -0.389 e. The van der Waals surface area contributed by atoms with Crippen LogP contribution in [0.15, 0.2) is 18.3 Å². The summed E-state index contributed by atoms with van der Waals surface area (Å²) in [6, 6.07) is 4.28. The summed E-state index contributed by atoms with van der Waals surface area (Å²) >= 11 is 0. The number of aliphatic hydroxyl groups excluding tert-OH is 1. The molecule has 0 bridgehead atoms. The molecule has 1 fully saturated rings. The smallest absolute Gasteiger partial charge is 0.128 e. The van der Waals surface area contributed by atoms with Crippen LogP contribution in [-0.4, -0.2) is 36.4 Å². The van der Waals surface area contributed by atoms with Crippen LogP contribution >= 0.6 is 0 Å². The van der Waals surface area contributed by atoms with Gasteiger partial charge in [0.15, 0.2) is 0 Å². The maximum absolute atomic E-state index is 9.39. The standard InChI is InChI=1S/C12H18N2O2/c1-9(15)10-3-4-12(13-7-10)14(2)11-5-6-16-8-11/h3-4,7,9,11,15H,5-6,8H2,1-2H3. The summed E-state index contributed by atoms with van der Waals surface area (Å²) in [5, 5.41) is 9.39. The topological polar surface area (TPSA) is 45.6 Å². The van der Waals surface area contributed by atoms with Crippen LogP contribution in [0, 0.1) is 0 Å². The van der Waals surface area contributed by atoms with Crippen LogP contribution in [0.1, 0.15) is 25.0 Å². The van der Waals surface area contributed by atoms with Gasteiger partial charge >= 0.3 is 0 Å². The Morgan fingerprint density at radius 3 is 2.88 bits per heavy atom. The molecule has 0 saturated carbocycles. The van der Waals surface area contributed by atoms with Crippen molar-refractivity contribution >= 4 is 5.82 Å². The van der Waals surface area contributed by atoms with Gasteiger partial charge in [0.05, 0.1) is 18.8 Å². The average Bonchev–Trinajstić information content (AvgIpc) is 2.81. The third-order valence-corrected chi connectivity index (χ3v) is 3.07. The SMILES string of the molecule is CC(O)c1ccc(N(C)C2CCOC2)nc1. The fourth-order valence-corrected chi connectivity index (χ4v) is 1.87. The molecule has 0 amide bonds. The van der Waals surface area contributed by atoms with Gasteiger partial charge in [-0.3, -0.25) is 0 Å². The van der Waals surface area contributed by atoms with E-state index in [1.807, 2.05) is 19.2 Å². The van der Waals surface area contributed by atoms with Gasteiger partial charge in [-0.2, -0.15) is 0 Å².